The first-order valence-electron chi connectivity index (χ1n) is 12.3. The monoisotopic (exact) mass is 456 g/mol. The Balaban J connectivity index is 1.48. The van der Waals surface area contributed by atoms with Crippen molar-refractivity contribution in [2.75, 3.05) is 0 Å². The van der Waals surface area contributed by atoms with Crippen molar-refractivity contribution in [3.8, 4) is 22.3 Å². The van der Waals surface area contributed by atoms with Crippen LogP contribution in [0.1, 0.15) is 27.7 Å². The molecule has 1 aliphatic heterocycles. The molecule has 0 atom stereocenters. The van der Waals surface area contributed by atoms with Crippen LogP contribution in [0.25, 0.3) is 43.8 Å². The van der Waals surface area contributed by atoms with E-state index in [9.17, 15) is 0 Å². The first kappa shape index (κ1) is 22.1. The van der Waals surface area contributed by atoms with E-state index < -0.39 is 0 Å². The third-order valence-corrected chi connectivity index (χ3v) is 7.73. The fraction of sp³-hybridized carbons (Fsp3) is 0.188. The molecule has 0 aromatic heterocycles. The minimum Gasteiger partial charge on any atom is -0.399 e. The van der Waals surface area contributed by atoms with Crippen LogP contribution in [0.3, 0.4) is 0 Å². The van der Waals surface area contributed by atoms with Gasteiger partial charge in [-0.1, -0.05) is 103 Å². The summed E-state index contributed by atoms with van der Waals surface area (Å²) in [6.45, 7) is 8.37. The van der Waals surface area contributed by atoms with Crippen LogP contribution in [0.4, 0.5) is 0 Å². The maximum Gasteiger partial charge on any atom is 0.494 e. The Hall–Kier alpha value is -3.40. The topological polar surface area (TPSA) is 18.5 Å². The Morgan fingerprint density at radius 1 is 0.514 bits per heavy atom. The Bertz CT molecular complexity index is 1550. The molecule has 3 heteroatoms. The number of hydrogen-bond acceptors (Lipinski definition) is 2. The number of rotatable bonds is 3. The van der Waals surface area contributed by atoms with Crippen LogP contribution in [0, 0.1) is 0 Å². The Kier molecular flexibility index (Phi) is 5.10. The molecule has 1 saturated heterocycles. The van der Waals surface area contributed by atoms with E-state index in [0.717, 1.165) is 11.0 Å². The van der Waals surface area contributed by atoms with Crippen molar-refractivity contribution in [1.82, 2.24) is 0 Å². The molecule has 0 amide bonds. The van der Waals surface area contributed by atoms with Gasteiger partial charge in [0, 0.05) is 0 Å². The molecule has 0 spiro atoms. The first-order chi connectivity index (χ1) is 16.8. The Morgan fingerprint density at radius 3 is 1.80 bits per heavy atom. The molecule has 0 radical (unpaired) electrons. The van der Waals surface area contributed by atoms with Crippen molar-refractivity contribution >= 4 is 34.1 Å². The van der Waals surface area contributed by atoms with Gasteiger partial charge in [0.15, 0.2) is 0 Å². The Labute approximate surface area is 207 Å². The summed E-state index contributed by atoms with van der Waals surface area (Å²) in [5.74, 6) is 0. The summed E-state index contributed by atoms with van der Waals surface area (Å²) in [6.07, 6.45) is 0. The van der Waals surface area contributed by atoms with Crippen LogP contribution in [-0.2, 0) is 9.31 Å². The Morgan fingerprint density at radius 2 is 1.06 bits per heavy atom. The third kappa shape index (κ3) is 3.67. The molecule has 6 rings (SSSR count). The molecular weight excluding hydrogens is 427 g/mol. The molecule has 1 fully saturated rings. The van der Waals surface area contributed by atoms with Crippen molar-refractivity contribution in [3.05, 3.63) is 103 Å². The molecule has 0 bridgehead atoms. The van der Waals surface area contributed by atoms with E-state index >= 15 is 0 Å². The average molecular weight is 456 g/mol. The van der Waals surface area contributed by atoms with Gasteiger partial charge in [-0.25, -0.2) is 0 Å². The van der Waals surface area contributed by atoms with E-state index in [1.54, 1.807) is 0 Å². The number of hydrogen-bond donors (Lipinski definition) is 0. The highest BCUT2D eigenvalue weighted by molar-refractivity contribution is 6.62. The van der Waals surface area contributed by atoms with E-state index in [4.69, 9.17) is 9.31 Å². The second-order valence-electron chi connectivity index (χ2n) is 10.4. The van der Waals surface area contributed by atoms with E-state index in [2.05, 4.69) is 131 Å². The van der Waals surface area contributed by atoms with Crippen molar-refractivity contribution in [3.63, 3.8) is 0 Å². The molecule has 5 aromatic rings. The number of fused-ring (bicyclic) bond motifs is 2. The summed E-state index contributed by atoms with van der Waals surface area (Å²) >= 11 is 0. The third-order valence-electron chi connectivity index (χ3n) is 7.73. The predicted octanol–water partition coefficient (Wildman–Crippen LogP) is 7.63. The van der Waals surface area contributed by atoms with Crippen molar-refractivity contribution in [1.29, 1.82) is 0 Å². The van der Waals surface area contributed by atoms with Crippen LogP contribution < -0.4 is 5.46 Å². The fourth-order valence-electron chi connectivity index (χ4n) is 5.08. The number of benzene rings is 5. The van der Waals surface area contributed by atoms with Crippen LogP contribution in [0.15, 0.2) is 103 Å². The second-order valence-corrected chi connectivity index (χ2v) is 10.4. The van der Waals surface area contributed by atoms with Crippen LogP contribution in [0.2, 0.25) is 0 Å². The van der Waals surface area contributed by atoms with Crippen LogP contribution >= 0.6 is 0 Å². The highest BCUT2D eigenvalue weighted by Gasteiger charge is 2.51. The molecule has 172 valence electrons. The van der Waals surface area contributed by atoms with Gasteiger partial charge in [-0.3, -0.25) is 0 Å². The summed E-state index contributed by atoms with van der Waals surface area (Å²) in [5, 5.41) is 5.02. The van der Waals surface area contributed by atoms with Gasteiger partial charge in [0.25, 0.3) is 0 Å². The summed E-state index contributed by atoms with van der Waals surface area (Å²) in [7, 11) is -0.374. The van der Waals surface area contributed by atoms with Crippen molar-refractivity contribution in [2.45, 2.75) is 38.9 Å². The van der Waals surface area contributed by atoms with E-state index in [1.165, 1.54) is 38.2 Å². The molecule has 35 heavy (non-hydrogen) atoms. The molecule has 2 nitrogen and oxygen atoms in total. The smallest absolute Gasteiger partial charge is 0.399 e. The zero-order valence-corrected chi connectivity index (χ0v) is 20.7. The van der Waals surface area contributed by atoms with Gasteiger partial charge < -0.3 is 9.31 Å². The van der Waals surface area contributed by atoms with Gasteiger partial charge in [0.1, 0.15) is 0 Å². The maximum absolute atomic E-state index is 6.32. The molecule has 5 aromatic carbocycles. The molecular formula is C32H29BO2. The van der Waals surface area contributed by atoms with Crippen LogP contribution in [0.5, 0.6) is 0 Å². The van der Waals surface area contributed by atoms with Gasteiger partial charge in [-0.2, -0.15) is 0 Å². The lowest BCUT2D eigenvalue weighted by atomic mass is 9.77. The van der Waals surface area contributed by atoms with Gasteiger partial charge >= 0.3 is 7.12 Å². The predicted molar refractivity (Wildman–Crippen MR) is 148 cm³/mol. The minimum absolute atomic E-state index is 0.361. The molecule has 0 aliphatic carbocycles. The lowest BCUT2D eigenvalue weighted by Crippen LogP contribution is -2.41. The van der Waals surface area contributed by atoms with Gasteiger partial charge in [-0.05, 0) is 77.0 Å². The molecule has 1 aliphatic rings. The molecule has 0 saturated carbocycles. The van der Waals surface area contributed by atoms with E-state index in [1.807, 2.05) is 0 Å². The summed E-state index contributed by atoms with van der Waals surface area (Å²) in [5.41, 5.74) is 5.21. The lowest BCUT2D eigenvalue weighted by Gasteiger charge is -2.32. The largest absolute Gasteiger partial charge is 0.494 e. The highest BCUT2D eigenvalue weighted by atomic mass is 16.7. The standard InChI is InChI=1S/C32H29BO2/c1-31(2)32(3,4)35-33(34-31)24-14-9-13-23(21-24)26-19-20-30(29-17-8-7-16-27(26)29)28-18-10-12-22-11-5-6-15-25(22)28/h5-21H,1-4H3. The van der Waals surface area contributed by atoms with Gasteiger partial charge in [0.05, 0.1) is 11.2 Å². The zero-order chi connectivity index (χ0) is 24.2. The van der Waals surface area contributed by atoms with Crippen molar-refractivity contribution < 1.29 is 9.31 Å². The van der Waals surface area contributed by atoms with Crippen LogP contribution in [-0.4, -0.2) is 18.3 Å². The van der Waals surface area contributed by atoms with E-state index in [0.29, 0.717) is 0 Å². The maximum atomic E-state index is 6.32. The highest BCUT2D eigenvalue weighted by Crippen LogP contribution is 2.39. The zero-order valence-electron chi connectivity index (χ0n) is 20.7. The lowest BCUT2D eigenvalue weighted by molar-refractivity contribution is 0.00578. The van der Waals surface area contributed by atoms with Crippen molar-refractivity contribution in [2.24, 2.45) is 0 Å². The summed E-state index contributed by atoms with van der Waals surface area (Å²) in [4.78, 5) is 0. The SMILES string of the molecule is CC1(C)OB(c2cccc(-c3ccc(-c4cccc5ccccc45)c4ccccc34)c2)OC1(C)C. The second kappa shape index (κ2) is 8.08. The average Bonchev–Trinajstić information content (AvgIpc) is 3.10. The summed E-state index contributed by atoms with van der Waals surface area (Å²) in [6, 6.07) is 36.9. The van der Waals surface area contributed by atoms with Gasteiger partial charge in [0.2, 0.25) is 0 Å². The molecule has 0 N–H and O–H groups in total. The first-order valence-corrected chi connectivity index (χ1v) is 12.3. The fourth-order valence-corrected chi connectivity index (χ4v) is 5.08. The molecule has 0 unspecified atom stereocenters. The minimum atomic E-state index is -0.374. The summed E-state index contributed by atoms with van der Waals surface area (Å²) < 4.78 is 12.6. The molecule has 1 heterocycles. The quantitative estimate of drug-likeness (QED) is 0.260. The van der Waals surface area contributed by atoms with E-state index in [-0.39, 0.29) is 18.3 Å². The van der Waals surface area contributed by atoms with Gasteiger partial charge in [-0.15, -0.1) is 0 Å². The normalized spacial score (nSPS) is 16.7.